The molecule has 10 fully saturated rings. The van der Waals surface area contributed by atoms with Gasteiger partial charge in [-0.25, -0.2) is 25.3 Å². The van der Waals surface area contributed by atoms with Gasteiger partial charge < -0.3 is 47.9 Å². The molecule has 29 heteroatoms. The molecule has 0 amide bonds. The molecule has 0 radical (unpaired) electrons. The Kier molecular flexibility index (Phi) is 46.6. The highest BCUT2D eigenvalue weighted by Crippen LogP contribution is 2.40. The Morgan fingerprint density at radius 3 is 1.05 bits per heavy atom. The van der Waals surface area contributed by atoms with Crippen molar-refractivity contribution in [3.05, 3.63) is 0 Å². The van der Waals surface area contributed by atoms with Gasteiger partial charge in [0, 0.05) is 136 Å². The second-order valence-electron chi connectivity index (χ2n) is 27.9. The number of hydrogen-bond acceptors (Lipinski definition) is 23. The van der Waals surface area contributed by atoms with Crippen LogP contribution in [-0.2, 0) is 110 Å². The molecule has 0 aromatic rings. The number of carbonyl (C=O) groups excluding carboxylic acids is 10. The van der Waals surface area contributed by atoms with Gasteiger partial charge in [0.05, 0.1) is 34.0 Å². The van der Waals surface area contributed by atoms with E-state index in [0.29, 0.717) is 108 Å². The average Bonchev–Trinajstić information content (AvgIpc) is 0.834. The molecule has 10 saturated heterocycles. The first-order chi connectivity index (χ1) is 44.6. The normalized spacial score (nSPS) is 25.9. The molecule has 10 heterocycles. The van der Waals surface area contributed by atoms with Crippen molar-refractivity contribution in [3.63, 3.8) is 0 Å². The number of hydrogen-bond donors (Lipinski definition) is 0. The van der Waals surface area contributed by atoms with E-state index in [1.165, 1.54) is 67.5 Å². The third kappa shape index (κ3) is 46.8. The van der Waals surface area contributed by atoms with Crippen molar-refractivity contribution < 1.29 is 85.8 Å². The van der Waals surface area contributed by atoms with Crippen LogP contribution >= 0.6 is 47.0 Å². The van der Waals surface area contributed by atoms with E-state index in [9.17, 15) is 85.8 Å². The average molecular weight is 1540 g/mol. The Morgan fingerprint density at radius 2 is 0.781 bits per heavy atom. The Balaban J connectivity index is 0.000000534. The molecule has 0 bridgehead atoms. The molecule has 10 aliphatic rings. The van der Waals surface area contributed by atoms with Crippen LogP contribution in [0.2, 0.25) is 0 Å². The molecule has 0 aromatic heterocycles. The van der Waals surface area contributed by atoms with Crippen LogP contribution in [-0.4, -0.2) is 209 Å². The minimum absolute atomic E-state index is 0.0760. The summed E-state index contributed by atoms with van der Waals surface area (Å²) >= 11 is 7.85. The third-order valence-corrected chi connectivity index (χ3v) is 34.1. The Bertz CT molecular complexity index is 2880. The van der Waals surface area contributed by atoms with Crippen LogP contribution in [0, 0.1) is 40.9 Å². The van der Waals surface area contributed by atoms with E-state index < -0.39 is 61.9 Å². The quantitative estimate of drug-likeness (QED) is 0.0777. The number of thioether (sulfide) groups is 4. The van der Waals surface area contributed by atoms with Crippen molar-refractivity contribution in [2.24, 2.45) is 40.9 Å². The SMILES string of the molecule is CC(=O)CC1(C)CSC1.CC(=O)CC1CS(=O)(=O)C1.CC(=O)CC1CS(=O)C1.CC(=O)CC1CSC1.CC(=O)CCC1CCS1.CC(=O)CCC1CCS1(=O)=O.CC(=O)CCC1CCS1=O.CC(=O)CCC1CS(=O)(=O)C1.CC(=O)CCC1CS(=O)C1.CC(=O)CCC1CSC1. The summed E-state index contributed by atoms with van der Waals surface area (Å²) in [4.78, 5) is 105. The maximum Gasteiger partial charge on any atom is 0.153 e. The summed E-state index contributed by atoms with van der Waals surface area (Å²) in [6, 6.07) is 0. The summed E-state index contributed by atoms with van der Waals surface area (Å²) in [5.74, 6) is 19.3. The van der Waals surface area contributed by atoms with Gasteiger partial charge in [-0.05, 0) is 208 Å². The highest BCUT2D eigenvalue weighted by Gasteiger charge is 2.37. The van der Waals surface area contributed by atoms with E-state index in [1.54, 1.807) is 48.5 Å². The zero-order chi connectivity index (χ0) is 73.0. The predicted octanol–water partition coefficient (Wildman–Crippen LogP) is 9.53. The van der Waals surface area contributed by atoms with Crippen LogP contribution in [0.3, 0.4) is 0 Å². The number of ketones is 10. The molecule has 0 aromatic carbocycles. The summed E-state index contributed by atoms with van der Waals surface area (Å²) in [5.41, 5.74) is 0.358. The van der Waals surface area contributed by atoms with Crippen molar-refractivity contribution in [1.82, 2.24) is 0 Å². The number of rotatable bonds is 26. The van der Waals surface area contributed by atoms with Gasteiger partial charge >= 0.3 is 0 Å². The zero-order valence-electron chi connectivity index (χ0n) is 59.0. The van der Waals surface area contributed by atoms with E-state index in [1.807, 2.05) is 47.0 Å². The summed E-state index contributed by atoms with van der Waals surface area (Å²) in [6.07, 6.45) is 14.9. The van der Waals surface area contributed by atoms with Gasteiger partial charge in [-0.1, -0.05) is 6.92 Å². The minimum atomic E-state index is -2.77. The second kappa shape index (κ2) is 48.4. The molecule has 4 unspecified atom stereocenters. The predicted molar refractivity (Wildman–Crippen MR) is 399 cm³/mol. The lowest BCUT2D eigenvalue weighted by Crippen LogP contribution is -2.37. The molecule has 0 spiro atoms. The van der Waals surface area contributed by atoms with Crippen molar-refractivity contribution in [3.8, 4) is 0 Å². The molecule has 96 heavy (non-hydrogen) atoms. The zero-order valence-corrected chi connectivity index (χ0v) is 67.2. The maximum absolute atomic E-state index is 10.9. The first-order valence-electron chi connectivity index (χ1n) is 33.5. The number of carbonyl (C=O) groups is 10. The van der Waals surface area contributed by atoms with Crippen LogP contribution in [0.1, 0.15) is 198 Å². The smallest absolute Gasteiger partial charge is 0.153 e. The first-order valence-corrected chi connectivity index (χ1v) is 47.8. The van der Waals surface area contributed by atoms with Crippen LogP contribution < -0.4 is 0 Å². The van der Waals surface area contributed by atoms with Gasteiger partial charge in [-0.2, -0.15) is 47.0 Å². The van der Waals surface area contributed by atoms with Crippen LogP contribution in [0.5, 0.6) is 0 Å². The van der Waals surface area contributed by atoms with Crippen LogP contribution in [0.4, 0.5) is 0 Å². The lowest BCUT2D eigenvalue weighted by molar-refractivity contribution is -0.119. The molecule has 10 aliphatic heterocycles. The molecule has 0 aliphatic carbocycles. The van der Waals surface area contributed by atoms with Crippen LogP contribution in [0.25, 0.3) is 0 Å². The lowest BCUT2D eigenvalue weighted by atomic mass is 9.89. The molecule has 0 N–H and O–H groups in total. The Labute approximate surface area is 600 Å². The molecule has 0 saturated carbocycles. The number of sulfone groups is 3. The Hall–Kier alpha value is -1.60. The fourth-order valence-electron chi connectivity index (χ4n) is 10.4. The van der Waals surface area contributed by atoms with Crippen molar-refractivity contribution in [1.29, 1.82) is 0 Å². The fraction of sp³-hybridized carbons (Fsp3) is 0.851. The van der Waals surface area contributed by atoms with E-state index in [2.05, 4.69) is 6.92 Å². The monoisotopic (exact) mass is 1540 g/mol. The standard InChI is InChI=1S/2C7H12O3S.2C7H12O2S.3C7H12OS.C6H10O3S.C6H10O2S.C6H10OS/c1-6(8)2-3-7-4-11(9,10)5-7;1-6(8)2-3-7-4-5-11(7,9)10;1-6(8)2-3-7-4-10(9)5-7;1-6(8)2-3-7-4-5-10(7)9;1-6(8)3-7(2)4-9-5-7;1-6(8)2-3-7-4-9-5-7;1-6(8)2-3-7-4-5-9-7;1-5(7)2-6-3-10(8,9)4-6;1-5(7)2-6-3-9(8)4-6;1-5(7)2-6-3-8-4-6/h2*7H,2-5H2,1H3;2*7H,2-5H2,1H3;3-5H2,1-2H3;2*7H,2-5H2,1H3;6H,2-4H2,1H3;6H,2-4H2,1H3;6H,2-4H2,1H3. The van der Waals surface area contributed by atoms with Gasteiger partial charge in [0.15, 0.2) is 29.5 Å². The molecule has 4 atom stereocenters. The van der Waals surface area contributed by atoms with E-state index in [4.69, 9.17) is 0 Å². The van der Waals surface area contributed by atoms with E-state index >= 15 is 0 Å². The lowest BCUT2D eigenvalue weighted by Gasteiger charge is -2.36. The molecule has 556 valence electrons. The molecular weight excluding hydrogens is 1430 g/mol. The van der Waals surface area contributed by atoms with Gasteiger partial charge in [0.25, 0.3) is 0 Å². The van der Waals surface area contributed by atoms with E-state index in [0.717, 1.165) is 116 Å². The molecule has 10 rings (SSSR count). The van der Waals surface area contributed by atoms with Gasteiger partial charge in [-0.15, -0.1) is 0 Å². The minimum Gasteiger partial charge on any atom is -0.300 e. The third-order valence-electron chi connectivity index (χ3n) is 16.6. The summed E-state index contributed by atoms with van der Waals surface area (Å²) in [7, 11) is -9.93. The Morgan fingerprint density at radius 1 is 0.406 bits per heavy atom. The topological polar surface area (TPSA) is 324 Å². The molecular formula is C67H114O19S10. The number of Topliss-reactive ketones (excluding diaryl/α,β-unsaturated/α-hetero) is 10. The summed E-state index contributed by atoms with van der Waals surface area (Å²) < 4.78 is 96.2. The van der Waals surface area contributed by atoms with Crippen LogP contribution in [0.15, 0.2) is 0 Å². The summed E-state index contributed by atoms with van der Waals surface area (Å²) in [6.45, 7) is 18.2. The fourth-order valence-corrected chi connectivity index (χ4v) is 22.3. The molecule has 19 nitrogen and oxygen atoms in total. The maximum atomic E-state index is 10.9. The first kappa shape index (κ1) is 92.4. The van der Waals surface area contributed by atoms with Crippen molar-refractivity contribution in [2.75, 3.05) is 97.8 Å². The summed E-state index contributed by atoms with van der Waals surface area (Å²) in [5, 5.41) is 0.934. The van der Waals surface area contributed by atoms with Gasteiger partial charge in [0.2, 0.25) is 0 Å². The van der Waals surface area contributed by atoms with Crippen molar-refractivity contribution >= 4 is 167 Å². The van der Waals surface area contributed by atoms with Gasteiger partial charge in [-0.3, -0.25) is 12.6 Å². The van der Waals surface area contributed by atoms with Gasteiger partial charge in [0.1, 0.15) is 57.8 Å². The largest absolute Gasteiger partial charge is 0.300 e. The van der Waals surface area contributed by atoms with Crippen molar-refractivity contribution in [2.45, 2.75) is 214 Å². The second-order valence-corrected chi connectivity index (χ2v) is 44.1. The highest BCUT2D eigenvalue weighted by molar-refractivity contribution is 8.01. The van der Waals surface area contributed by atoms with E-state index in [-0.39, 0.29) is 63.3 Å². The highest BCUT2D eigenvalue weighted by atomic mass is 32.2.